The predicted octanol–water partition coefficient (Wildman–Crippen LogP) is 7.51. The van der Waals surface area contributed by atoms with Gasteiger partial charge in [0.1, 0.15) is 0 Å². The minimum atomic E-state index is -0.603. The van der Waals surface area contributed by atoms with E-state index < -0.39 is 11.9 Å². The van der Waals surface area contributed by atoms with Gasteiger partial charge in [-0.3, -0.25) is 0 Å². The van der Waals surface area contributed by atoms with E-state index in [9.17, 15) is 9.59 Å². The zero-order valence-corrected chi connectivity index (χ0v) is 22.8. The van der Waals surface area contributed by atoms with Crippen LogP contribution >= 0.6 is 0 Å². The van der Waals surface area contributed by atoms with Crippen molar-refractivity contribution in [1.82, 2.24) is 0 Å². The Labute approximate surface area is 225 Å². The number of carbonyl (C=O) groups excluding carboxylic acids is 2. The Morgan fingerprint density at radius 1 is 0.737 bits per heavy atom. The van der Waals surface area contributed by atoms with Crippen LogP contribution in [0.1, 0.15) is 52.8 Å². The molecule has 0 aromatic heterocycles. The van der Waals surface area contributed by atoms with Gasteiger partial charge in [-0.25, -0.2) is 9.59 Å². The van der Waals surface area contributed by atoms with Gasteiger partial charge in [0.25, 0.3) is 0 Å². The Hall–Kier alpha value is -4.44. The molecule has 1 aliphatic heterocycles. The number of nitrogens with zero attached hydrogens (tertiary/aromatic N) is 1. The zero-order valence-electron chi connectivity index (χ0n) is 22.8. The number of anilines is 1. The molecule has 3 aromatic carbocycles. The molecular formula is C34H33NO3. The van der Waals surface area contributed by atoms with Crippen LogP contribution in [-0.2, 0) is 14.3 Å². The molecule has 0 bridgehead atoms. The Bertz CT molecular complexity index is 1500. The van der Waals surface area contributed by atoms with Crippen LogP contribution in [0.4, 0.5) is 5.69 Å². The van der Waals surface area contributed by atoms with E-state index in [0.29, 0.717) is 11.1 Å². The molecule has 0 N–H and O–H groups in total. The van der Waals surface area contributed by atoms with E-state index in [1.165, 1.54) is 0 Å². The molecule has 192 valence electrons. The molecule has 4 nitrogen and oxygen atoms in total. The maximum Gasteiger partial charge on any atom is 0.346 e. The topological polar surface area (TPSA) is 46.6 Å². The summed E-state index contributed by atoms with van der Waals surface area (Å²) in [7, 11) is 4.05. The number of allylic oxidation sites excluding steroid dienone is 1. The lowest BCUT2D eigenvalue weighted by atomic mass is 9.89. The number of rotatable bonds is 6. The third-order valence-corrected chi connectivity index (χ3v) is 6.77. The number of ether oxygens (including phenoxy) is 1. The molecule has 0 spiro atoms. The minimum absolute atomic E-state index is 0.305. The first-order chi connectivity index (χ1) is 18.2. The van der Waals surface area contributed by atoms with Crippen molar-refractivity contribution in [3.8, 4) is 0 Å². The monoisotopic (exact) mass is 503 g/mol. The minimum Gasteiger partial charge on any atom is -0.386 e. The SMILES string of the molecule is CC(C)=C1C(=O)OC(=O)C1=Cc1c(C)c(C=Cc2ccccc2)cc(C=Cc2ccc(N(C)C)cc2)c1C. The summed E-state index contributed by atoms with van der Waals surface area (Å²) in [4.78, 5) is 27.0. The summed E-state index contributed by atoms with van der Waals surface area (Å²) in [6.07, 6.45) is 10.2. The number of hydrogen-bond donors (Lipinski definition) is 0. The quantitative estimate of drug-likeness (QED) is 0.151. The van der Waals surface area contributed by atoms with E-state index in [0.717, 1.165) is 50.2 Å². The highest BCUT2D eigenvalue weighted by Crippen LogP contribution is 2.32. The van der Waals surface area contributed by atoms with Crippen LogP contribution < -0.4 is 4.90 Å². The fourth-order valence-corrected chi connectivity index (χ4v) is 4.51. The summed E-state index contributed by atoms with van der Waals surface area (Å²) in [5, 5.41) is 0. The van der Waals surface area contributed by atoms with Gasteiger partial charge < -0.3 is 9.64 Å². The standard InChI is InChI=1S/C34H33NO3/c1-22(2)32-31(33(36)38-34(32)37)21-30-23(3)27(16-12-25-10-8-7-9-11-25)20-28(24(30)4)17-13-26-14-18-29(19-15-26)35(5)6/h7-21H,1-6H3. The average Bonchev–Trinajstić information content (AvgIpc) is 3.18. The molecular weight excluding hydrogens is 470 g/mol. The Kier molecular flexibility index (Phi) is 7.92. The van der Waals surface area contributed by atoms with Crippen LogP contribution in [0.25, 0.3) is 30.4 Å². The fourth-order valence-electron chi connectivity index (χ4n) is 4.51. The molecule has 38 heavy (non-hydrogen) atoms. The van der Waals surface area contributed by atoms with Crippen molar-refractivity contribution in [2.45, 2.75) is 27.7 Å². The molecule has 1 heterocycles. The van der Waals surface area contributed by atoms with Crippen LogP contribution in [-0.4, -0.2) is 26.0 Å². The molecule has 4 heteroatoms. The maximum atomic E-state index is 12.6. The predicted molar refractivity (Wildman–Crippen MR) is 158 cm³/mol. The second-order valence-corrected chi connectivity index (χ2v) is 9.89. The summed E-state index contributed by atoms with van der Waals surface area (Å²) in [6.45, 7) is 7.72. The van der Waals surface area contributed by atoms with Crippen molar-refractivity contribution in [2.24, 2.45) is 0 Å². The highest BCUT2D eigenvalue weighted by atomic mass is 16.6. The van der Waals surface area contributed by atoms with Crippen molar-refractivity contribution in [1.29, 1.82) is 0 Å². The summed E-state index contributed by atoms with van der Waals surface area (Å²) in [5.74, 6) is -1.19. The van der Waals surface area contributed by atoms with Crippen LogP contribution in [0.15, 0.2) is 77.4 Å². The smallest absolute Gasteiger partial charge is 0.346 e. The van der Waals surface area contributed by atoms with E-state index in [-0.39, 0.29) is 0 Å². The fraction of sp³-hybridized carbons (Fsp3) is 0.176. The third-order valence-electron chi connectivity index (χ3n) is 6.77. The molecule has 1 saturated heterocycles. The Balaban J connectivity index is 1.84. The number of benzene rings is 3. The Morgan fingerprint density at radius 2 is 1.29 bits per heavy atom. The molecule has 0 unspecified atom stereocenters. The lowest BCUT2D eigenvalue weighted by molar-refractivity contribution is -0.149. The van der Waals surface area contributed by atoms with E-state index >= 15 is 0 Å². The van der Waals surface area contributed by atoms with Crippen LogP contribution in [0.3, 0.4) is 0 Å². The normalized spacial score (nSPS) is 14.7. The molecule has 1 aliphatic rings. The zero-order chi connectivity index (χ0) is 27.4. The molecule has 0 amide bonds. The van der Waals surface area contributed by atoms with Crippen molar-refractivity contribution >= 4 is 48.0 Å². The van der Waals surface area contributed by atoms with Crippen LogP contribution in [0.2, 0.25) is 0 Å². The van der Waals surface area contributed by atoms with Crippen molar-refractivity contribution in [3.63, 3.8) is 0 Å². The largest absolute Gasteiger partial charge is 0.386 e. The highest BCUT2D eigenvalue weighted by Gasteiger charge is 2.34. The molecule has 4 rings (SSSR count). The van der Waals surface area contributed by atoms with E-state index in [2.05, 4.69) is 71.7 Å². The Morgan fingerprint density at radius 3 is 1.82 bits per heavy atom. The summed E-state index contributed by atoms with van der Waals surface area (Å²) >= 11 is 0. The third kappa shape index (κ3) is 5.76. The molecule has 0 saturated carbocycles. The lowest BCUT2D eigenvalue weighted by Gasteiger charge is -2.14. The van der Waals surface area contributed by atoms with Gasteiger partial charge in [-0.1, -0.05) is 72.3 Å². The van der Waals surface area contributed by atoms with Gasteiger partial charge in [-0.15, -0.1) is 0 Å². The lowest BCUT2D eigenvalue weighted by Crippen LogP contribution is -2.07. The van der Waals surface area contributed by atoms with Gasteiger partial charge in [0.2, 0.25) is 0 Å². The second kappa shape index (κ2) is 11.3. The van der Waals surface area contributed by atoms with E-state index in [1.54, 1.807) is 0 Å². The highest BCUT2D eigenvalue weighted by molar-refractivity contribution is 6.20. The molecule has 3 aromatic rings. The van der Waals surface area contributed by atoms with E-state index in [4.69, 9.17) is 4.74 Å². The van der Waals surface area contributed by atoms with Crippen molar-refractivity contribution in [2.75, 3.05) is 19.0 Å². The van der Waals surface area contributed by atoms with Gasteiger partial charge in [0, 0.05) is 19.8 Å². The summed E-state index contributed by atoms with van der Waals surface area (Å²) in [6, 6.07) is 20.7. The number of carbonyl (C=O) groups is 2. The van der Waals surface area contributed by atoms with Gasteiger partial charge in [0.15, 0.2) is 0 Å². The molecule has 0 radical (unpaired) electrons. The number of esters is 2. The van der Waals surface area contributed by atoms with Crippen molar-refractivity contribution < 1.29 is 14.3 Å². The average molecular weight is 504 g/mol. The molecule has 1 fully saturated rings. The van der Waals surface area contributed by atoms with Crippen LogP contribution in [0, 0.1) is 13.8 Å². The maximum absolute atomic E-state index is 12.6. The van der Waals surface area contributed by atoms with Gasteiger partial charge in [0.05, 0.1) is 11.1 Å². The second-order valence-electron chi connectivity index (χ2n) is 9.89. The first-order valence-electron chi connectivity index (χ1n) is 12.6. The first kappa shape index (κ1) is 26.6. The first-order valence-corrected chi connectivity index (χ1v) is 12.6. The van der Waals surface area contributed by atoms with Crippen LogP contribution in [0.5, 0.6) is 0 Å². The number of cyclic esters (lactones) is 2. The summed E-state index contributed by atoms with van der Waals surface area (Å²) in [5.41, 5.74) is 9.75. The molecule has 0 atom stereocenters. The van der Waals surface area contributed by atoms with Gasteiger partial charge in [-0.05, 0) is 90.9 Å². The van der Waals surface area contributed by atoms with E-state index in [1.807, 2.05) is 66.1 Å². The summed E-state index contributed by atoms with van der Waals surface area (Å²) < 4.78 is 4.96. The van der Waals surface area contributed by atoms with Gasteiger partial charge >= 0.3 is 11.9 Å². The molecule has 0 aliphatic carbocycles. The van der Waals surface area contributed by atoms with Gasteiger partial charge in [-0.2, -0.15) is 0 Å². The number of hydrogen-bond acceptors (Lipinski definition) is 4. The van der Waals surface area contributed by atoms with Crippen molar-refractivity contribution in [3.05, 3.63) is 116 Å².